The number of aromatic nitrogens is 1. The Labute approximate surface area is 289 Å². The van der Waals surface area contributed by atoms with E-state index in [1.807, 2.05) is 23.1 Å². The molecule has 0 spiro atoms. The molecule has 2 saturated heterocycles. The monoisotopic (exact) mass is 722 g/mol. The molecule has 51 heavy (non-hydrogen) atoms. The van der Waals surface area contributed by atoms with Gasteiger partial charge in [-0.15, -0.1) is 0 Å². The molecule has 0 radical (unpaired) electrons. The summed E-state index contributed by atoms with van der Waals surface area (Å²) < 4.78 is 99.2. The van der Waals surface area contributed by atoms with Gasteiger partial charge in [0.15, 0.2) is 0 Å². The van der Waals surface area contributed by atoms with E-state index in [2.05, 4.69) is 4.98 Å². The van der Waals surface area contributed by atoms with E-state index >= 15 is 0 Å². The lowest BCUT2D eigenvalue weighted by molar-refractivity contribution is -0.161. The highest BCUT2D eigenvalue weighted by atomic mass is 19.4. The van der Waals surface area contributed by atoms with Gasteiger partial charge in [-0.05, 0) is 55.3 Å². The van der Waals surface area contributed by atoms with E-state index in [0.29, 0.717) is 24.9 Å². The van der Waals surface area contributed by atoms with Crippen LogP contribution in [0.1, 0.15) is 47.2 Å². The number of piperazine rings is 1. The number of amides is 2. The van der Waals surface area contributed by atoms with Crippen LogP contribution >= 0.6 is 0 Å². The molecular formula is C35H36F6N4O6. The van der Waals surface area contributed by atoms with E-state index in [1.165, 1.54) is 12.0 Å². The molecule has 274 valence electrons. The van der Waals surface area contributed by atoms with Crippen LogP contribution in [0.5, 0.6) is 11.5 Å². The Morgan fingerprint density at radius 2 is 1.57 bits per heavy atom. The number of piperidine rings is 1. The number of halogens is 6. The van der Waals surface area contributed by atoms with E-state index in [9.17, 15) is 40.7 Å². The Bertz CT molecular complexity index is 1710. The highest BCUT2D eigenvalue weighted by Gasteiger charge is 2.56. The lowest BCUT2D eigenvalue weighted by Gasteiger charge is -2.51. The van der Waals surface area contributed by atoms with Gasteiger partial charge in [0, 0.05) is 58.0 Å². The molecule has 16 heteroatoms. The molecule has 1 aromatic heterocycles. The minimum absolute atomic E-state index is 0.0611. The fourth-order valence-electron chi connectivity index (χ4n) is 6.69. The average molecular weight is 723 g/mol. The molecule has 0 N–H and O–H groups in total. The highest BCUT2D eigenvalue weighted by Crippen LogP contribution is 2.41. The maximum absolute atomic E-state index is 14.9. The SMILES string of the molecule is COC(=O)CCC1N(C(=O)c2cnccc2C(F)(F)F)CCCC1(Oc1ccc(C(F)(F)F)cc1)C(=O)N1CCN(c2ccccc2OC)CC1. The number of carbonyl (C=O) groups excluding carboxylic acids is 3. The Kier molecular flexibility index (Phi) is 11.0. The molecule has 2 fully saturated rings. The minimum Gasteiger partial charge on any atom is -0.495 e. The number of ether oxygens (including phenoxy) is 3. The smallest absolute Gasteiger partial charge is 0.417 e. The highest BCUT2D eigenvalue weighted by molar-refractivity contribution is 5.97. The zero-order chi connectivity index (χ0) is 37.0. The molecule has 2 aliphatic heterocycles. The molecule has 2 unspecified atom stereocenters. The molecule has 3 heterocycles. The van der Waals surface area contributed by atoms with Crippen molar-refractivity contribution in [3.8, 4) is 11.5 Å². The second-order valence-electron chi connectivity index (χ2n) is 12.1. The quantitative estimate of drug-likeness (QED) is 0.200. The first-order chi connectivity index (χ1) is 24.2. The third kappa shape index (κ3) is 7.99. The van der Waals surface area contributed by atoms with Crippen molar-refractivity contribution in [1.29, 1.82) is 0 Å². The van der Waals surface area contributed by atoms with Crippen LogP contribution in [0.15, 0.2) is 67.0 Å². The normalized spacial score (nSPS) is 19.8. The second kappa shape index (κ2) is 15.1. The molecule has 0 saturated carbocycles. The van der Waals surface area contributed by atoms with E-state index in [0.717, 1.165) is 54.4 Å². The molecule has 0 bridgehead atoms. The van der Waals surface area contributed by atoms with Gasteiger partial charge in [0.25, 0.3) is 11.8 Å². The van der Waals surface area contributed by atoms with Crippen molar-refractivity contribution in [3.63, 3.8) is 0 Å². The Balaban J connectivity index is 1.56. The second-order valence-corrected chi connectivity index (χ2v) is 12.1. The summed E-state index contributed by atoms with van der Waals surface area (Å²) in [6, 6.07) is 10.3. The Morgan fingerprint density at radius 1 is 0.882 bits per heavy atom. The summed E-state index contributed by atoms with van der Waals surface area (Å²) in [7, 11) is 2.67. The van der Waals surface area contributed by atoms with E-state index < -0.39 is 58.5 Å². The van der Waals surface area contributed by atoms with Crippen molar-refractivity contribution in [2.45, 2.75) is 49.7 Å². The molecule has 2 aliphatic rings. The lowest BCUT2D eigenvalue weighted by Crippen LogP contribution is -2.69. The first-order valence-corrected chi connectivity index (χ1v) is 16.1. The van der Waals surface area contributed by atoms with Crippen molar-refractivity contribution in [2.24, 2.45) is 0 Å². The number of hydrogen-bond donors (Lipinski definition) is 0. The fraction of sp³-hybridized carbons (Fsp3) is 0.429. The predicted molar refractivity (Wildman–Crippen MR) is 171 cm³/mol. The van der Waals surface area contributed by atoms with Crippen LogP contribution in [0, 0.1) is 0 Å². The Morgan fingerprint density at radius 3 is 2.20 bits per heavy atom. The average Bonchev–Trinajstić information content (AvgIpc) is 3.13. The zero-order valence-electron chi connectivity index (χ0n) is 27.8. The van der Waals surface area contributed by atoms with Crippen LogP contribution in [0.2, 0.25) is 0 Å². The summed E-state index contributed by atoms with van der Waals surface area (Å²) in [5.41, 5.74) is -4.20. The van der Waals surface area contributed by atoms with Crippen LogP contribution < -0.4 is 14.4 Å². The number of methoxy groups -OCH3 is 2. The van der Waals surface area contributed by atoms with Crippen LogP contribution in [0.25, 0.3) is 0 Å². The number of alkyl halides is 6. The molecule has 10 nitrogen and oxygen atoms in total. The third-order valence-corrected chi connectivity index (χ3v) is 9.17. The zero-order valence-corrected chi connectivity index (χ0v) is 27.8. The molecular weight excluding hydrogens is 686 g/mol. The number of anilines is 1. The largest absolute Gasteiger partial charge is 0.495 e. The van der Waals surface area contributed by atoms with Crippen LogP contribution in [0.3, 0.4) is 0 Å². The van der Waals surface area contributed by atoms with Crippen molar-refractivity contribution in [3.05, 3.63) is 83.7 Å². The van der Waals surface area contributed by atoms with Gasteiger partial charge in [0.2, 0.25) is 5.60 Å². The van der Waals surface area contributed by atoms with E-state index in [4.69, 9.17) is 14.2 Å². The number of rotatable bonds is 9. The predicted octanol–water partition coefficient (Wildman–Crippen LogP) is 5.85. The molecule has 3 aromatic rings. The number of likely N-dealkylation sites (tertiary alicyclic amines) is 1. The summed E-state index contributed by atoms with van der Waals surface area (Å²) in [5, 5.41) is 0. The number of para-hydroxylation sites is 2. The van der Waals surface area contributed by atoms with Gasteiger partial charge >= 0.3 is 18.3 Å². The molecule has 2 atom stereocenters. The third-order valence-electron chi connectivity index (χ3n) is 9.17. The van der Waals surface area contributed by atoms with E-state index in [-0.39, 0.29) is 51.1 Å². The van der Waals surface area contributed by atoms with Crippen LogP contribution in [-0.2, 0) is 26.7 Å². The van der Waals surface area contributed by atoms with E-state index in [1.54, 1.807) is 6.07 Å². The van der Waals surface area contributed by atoms with Crippen molar-refractivity contribution in [2.75, 3.05) is 51.8 Å². The number of hydrogen-bond acceptors (Lipinski definition) is 8. The maximum atomic E-state index is 14.9. The number of esters is 1. The molecule has 2 aromatic carbocycles. The minimum atomic E-state index is -4.92. The van der Waals surface area contributed by atoms with Gasteiger partial charge in [-0.1, -0.05) is 12.1 Å². The summed E-state index contributed by atoms with van der Waals surface area (Å²) in [5.74, 6) is -1.96. The van der Waals surface area contributed by atoms with Gasteiger partial charge < -0.3 is 28.9 Å². The van der Waals surface area contributed by atoms with Crippen molar-refractivity contribution < 1.29 is 54.9 Å². The van der Waals surface area contributed by atoms with Crippen molar-refractivity contribution in [1.82, 2.24) is 14.8 Å². The fourth-order valence-corrected chi connectivity index (χ4v) is 6.69. The molecule has 5 rings (SSSR count). The number of carbonyl (C=O) groups is 3. The standard InChI is InChI=1S/C35H36F6N4O6/c1-49-28-7-4-3-6-27(28)43-18-20-44(21-19-43)32(48)33(51-24-10-8-23(9-11-24)34(36,37)38)15-5-17-45(29(33)12-13-30(46)50-2)31(47)25-22-42-16-14-26(25)35(39,40)41/h3-4,6-11,14,16,22,29H,5,12-13,15,17-21H2,1-2H3. The maximum Gasteiger partial charge on any atom is 0.417 e. The summed E-state index contributed by atoms with van der Waals surface area (Å²) >= 11 is 0. The summed E-state index contributed by atoms with van der Waals surface area (Å²) in [4.78, 5) is 49.7. The molecule has 2 amide bonds. The summed E-state index contributed by atoms with van der Waals surface area (Å²) in [6.07, 6.45) is -8.50. The van der Waals surface area contributed by atoms with Gasteiger partial charge in [-0.2, -0.15) is 26.3 Å². The number of pyridine rings is 1. The first-order valence-electron chi connectivity index (χ1n) is 16.1. The van der Waals surface area contributed by atoms with Gasteiger partial charge in [0.05, 0.1) is 42.6 Å². The van der Waals surface area contributed by atoms with Crippen LogP contribution in [-0.4, -0.2) is 91.2 Å². The number of nitrogens with zero attached hydrogens (tertiary/aromatic N) is 4. The Hall–Kier alpha value is -5.02. The molecule has 0 aliphatic carbocycles. The van der Waals surface area contributed by atoms with Gasteiger partial charge in [-0.25, -0.2) is 0 Å². The van der Waals surface area contributed by atoms with Gasteiger partial charge in [0.1, 0.15) is 11.5 Å². The first kappa shape index (κ1) is 37.2. The topological polar surface area (TPSA) is 102 Å². The van der Waals surface area contributed by atoms with Gasteiger partial charge in [-0.3, -0.25) is 19.4 Å². The lowest BCUT2D eigenvalue weighted by atomic mass is 9.79. The van der Waals surface area contributed by atoms with Crippen molar-refractivity contribution >= 4 is 23.5 Å². The number of benzene rings is 2. The summed E-state index contributed by atoms with van der Waals surface area (Å²) in [6.45, 7) is 0.913. The van der Waals surface area contributed by atoms with Crippen LogP contribution in [0.4, 0.5) is 32.0 Å².